The highest BCUT2D eigenvalue weighted by atomic mass is 35.5. The number of phenols is 1. The number of aromatic hydroxyl groups is 1. The quantitative estimate of drug-likeness (QED) is 0.179. The van der Waals surface area contributed by atoms with Gasteiger partial charge in [0.2, 0.25) is 0 Å². The zero-order chi connectivity index (χ0) is 29.1. The van der Waals surface area contributed by atoms with Crippen LogP contribution in [0.3, 0.4) is 0 Å². The molecule has 1 aliphatic heterocycles. The number of hydrogen-bond donors (Lipinski definition) is 2. The summed E-state index contributed by atoms with van der Waals surface area (Å²) in [5, 5.41) is 18.7. The monoisotopic (exact) mass is 577 g/mol. The van der Waals surface area contributed by atoms with Crippen molar-refractivity contribution in [3.8, 4) is 28.5 Å². The number of unbranched alkanes of at least 4 members (excludes halogenated alkanes) is 2. The molecular formula is C32H33ClFN3O4. The maximum atomic E-state index is 13.8. The smallest absolute Gasteiger partial charge is 0.273 e. The van der Waals surface area contributed by atoms with Gasteiger partial charge in [-0.3, -0.25) is 9.89 Å². The zero-order valence-electron chi connectivity index (χ0n) is 23.3. The normalized spacial score (nSPS) is 14.4. The number of carbonyl (C=O) groups is 1. The second-order valence-corrected chi connectivity index (χ2v) is 10.5. The summed E-state index contributed by atoms with van der Waals surface area (Å²) in [6.45, 7) is 7.10. The van der Waals surface area contributed by atoms with Crippen molar-refractivity contribution in [3.63, 3.8) is 0 Å². The molecule has 7 nitrogen and oxygen atoms in total. The van der Waals surface area contributed by atoms with Crippen molar-refractivity contribution in [3.05, 3.63) is 93.4 Å². The van der Waals surface area contributed by atoms with Gasteiger partial charge in [-0.15, -0.1) is 0 Å². The van der Waals surface area contributed by atoms with Crippen LogP contribution in [-0.2, 0) is 6.54 Å². The average molecular weight is 578 g/mol. The molecule has 1 unspecified atom stereocenters. The maximum Gasteiger partial charge on any atom is 0.273 e. The Labute approximate surface area is 243 Å². The fourth-order valence-corrected chi connectivity index (χ4v) is 5.33. The summed E-state index contributed by atoms with van der Waals surface area (Å²) in [7, 11) is 0. The molecule has 1 aromatic heterocycles. The van der Waals surface area contributed by atoms with E-state index in [0.717, 1.165) is 36.0 Å². The number of halogens is 2. The number of nitrogens with one attached hydrogen (secondary N) is 1. The van der Waals surface area contributed by atoms with Gasteiger partial charge in [-0.25, -0.2) is 4.39 Å². The van der Waals surface area contributed by atoms with E-state index in [-0.39, 0.29) is 24.0 Å². The highest BCUT2D eigenvalue weighted by molar-refractivity contribution is 6.31. The molecule has 1 amide bonds. The molecule has 3 aromatic carbocycles. The molecule has 0 spiro atoms. The lowest BCUT2D eigenvalue weighted by molar-refractivity contribution is 0.0729. The maximum absolute atomic E-state index is 13.8. The third-order valence-electron chi connectivity index (χ3n) is 7.25. The van der Waals surface area contributed by atoms with Gasteiger partial charge in [-0.1, -0.05) is 49.6 Å². The Hall–Kier alpha value is -4.04. The molecule has 0 bridgehead atoms. The number of ether oxygens (including phenoxy) is 2. The van der Waals surface area contributed by atoms with Crippen LogP contribution in [0, 0.1) is 12.7 Å². The molecule has 0 radical (unpaired) electrons. The fraction of sp³-hybridized carbons (Fsp3) is 0.312. The molecular weight excluding hydrogens is 545 g/mol. The predicted octanol–water partition coefficient (Wildman–Crippen LogP) is 7.60. The van der Waals surface area contributed by atoms with Crippen LogP contribution in [0.4, 0.5) is 4.39 Å². The number of aromatic amines is 1. The fourth-order valence-electron chi connectivity index (χ4n) is 5.17. The predicted molar refractivity (Wildman–Crippen MR) is 156 cm³/mol. The first-order valence-corrected chi connectivity index (χ1v) is 14.2. The molecule has 9 heteroatoms. The number of benzene rings is 3. The van der Waals surface area contributed by atoms with Gasteiger partial charge >= 0.3 is 0 Å². The molecule has 0 saturated heterocycles. The topological polar surface area (TPSA) is 87.7 Å². The zero-order valence-corrected chi connectivity index (χ0v) is 24.1. The van der Waals surface area contributed by atoms with Crippen LogP contribution in [0.1, 0.15) is 71.9 Å². The second kappa shape index (κ2) is 12.2. The van der Waals surface area contributed by atoms with E-state index in [4.69, 9.17) is 21.1 Å². The highest BCUT2D eigenvalue weighted by Gasteiger charge is 2.43. The second-order valence-electron chi connectivity index (χ2n) is 10.1. The van der Waals surface area contributed by atoms with E-state index < -0.39 is 6.04 Å². The van der Waals surface area contributed by atoms with Crippen molar-refractivity contribution in [2.45, 2.75) is 52.6 Å². The summed E-state index contributed by atoms with van der Waals surface area (Å²) < 4.78 is 25.7. The minimum absolute atomic E-state index is 0.00946. The first-order valence-electron chi connectivity index (χ1n) is 13.8. The lowest BCUT2D eigenvalue weighted by Gasteiger charge is -2.27. The van der Waals surface area contributed by atoms with Crippen LogP contribution in [0.15, 0.2) is 54.6 Å². The molecule has 4 aromatic rings. The van der Waals surface area contributed by atoms with Crippen LogP contribution >= 0.6 is 11.6 Å². The summed E-state index contributed by atoms with van der Waals surface area (Å²) >= 11 is 6.43. The number of rotatable bonds is 11. The van der Waals surface area contributed by atoms with E-state index in [0.29, 0.717) is 52.3 Å². The Kier molecular flexibility index (Phi) is 8.49. The van der Waals surface area contributed by atoms with Gasteiger partial charge in [0.1, 0.15) is 23.0 Å². The van der Waals surface area contributed by atoms with Crippen LogP contribution in [0.25, 0.3) is 11.3 Å². The number of nitrogens with zero attached hydrogens (tertiary/aromatic N) is 2. The first-order chi connectivity index (χ1) is 19.8. The summed E-state index contributed by atoms with van der Waals surface area (Å²) in [6.07, 6.45) is 3.11. The molecule has 2 heterocycles. The minimum Gasteiger partial charge on any atom is -0.507 e. The molecule has 0 aliphatic carbocycles. The van der Waals surface area contributed by atoms with Crippen LogP contribution in [0.5, 0.6) is 17.2 Å². The third-order valence-corrected chi connectivity index (χ3v) is 7.66. The number of carbonyl (C=O) groups excluding carboxylic acids is 1. The summed E-state index contributed by atoms with van der Waals surface area (Å²) in [6, 6.07) is 14.4. The Morgan fingerprint density at radius 2 is 1.83 bits per heavy atom. The number of aromatic nitrogens is 2. The van der Waals surface area contributed by atoms with E-state index in [2.05, 4.69) is 17.1 Å². The van der Waals surface area contributed by atoms with E-state index in [1.54, 1.807) is 36.1 Å². The van der Waals surface area contributed by atoms with Gasteiger partial charge in [0.15, 0.2) is 11.5 Å². The SMILES string of the molecule is CCCCCOc1ccc(C2c3c(-c4cc(Cl)c(C)cc4O)n[nH]c3C(=O)N2Cc2ccc(F)cc2)cc1OCC. The Morgan fingerprint density at radius 1 is 1.05 bits per heavy atom. The number of hydrogen-bond acceptors (Lipinski definition) is 5. The van der Waals surface area contributed by atoms with E-state index >= 15 is 0 Å². The summed E-state index contributed by atoms with van der Waals surface area (Å²) in [4.78, 5) is 15.5. The number of amides is 1. The Morgan fingerprint density at radius 3 is 2.56 bits per heavy atom. The molecule has 0 fully saturated rings. The molecule has 214 valence electrons. The lowest BCUT2D eigenvalue weighted by Crippen LogP contribution is -2.29. The van der Waals surface area contributed by atoms with Gasteiger partial charge in [0.05, 0.1) is 19.3 Å². The van der Waals surface area contributed by atoms with Gasteiger partial charge in [-0.05, 0) is 73.4 Å². The van der Waals surface area contributed by atoms with Gasteiger partial charge in [0, 0.05) is 22.7 Å². The highest BCUT2D eigenvalue weighted by Crippen LogP contribution is 2.47. The van der Waals surface area contributed by atoms with Crippen LogP contribution < -0.4 is 9.47 Å². The molecule has 0 saturated carbocycles. The van der Waals surface area contributed by atoms with Crippen molar-refractivity contribution in [2.75, 3.05) is 13.2 Å². The number of aryl methyl sites for hydroxylation is 1. The van der Waals surface area contributed by atoms with E-state index in [9.17, 15) is 14.3 Å². The van der Waals surface area contributed by atoms with Gasteiger partial charge in [-0.2, -0.15) is 5.10 Å². The minimum atomic E-state index is -0.580. The van der Waals surface area contributed by atoms with E-state index in [1.165, 1.54) is 12.1 Å². The largest absolute Gasteiger partial charge is 0.507 e. The van der Waals surface area contributed by atoms with Gasteiger partial charge in [0.25, 0.3) is 5.91 Å². The number of H-pyrrole nitrogens is 1. The average Bonchev–Trinajstić information content (AvgIpc) is 3.49. The van der Waals surface area contributed by atoms with Crippen molar-refractivity contribution < 1.29 is 23.8 Å². The van der Waals surface area contributed by atoms with E-state index in [1.807, 2.05) is 25.1 Å². The van der Waals surface area contributed by atoms with Crippen LogP contribution in [0.2, 0.25) is 5.02 Å². The lowest BCUT2D eigenvalue weighted by atomic mass is 9.94. The van der Waals surface area contributed by atoms with Gasteiger partial charge < -0.3 is 19.5 Å². The number of fused-ring (bicyclic) bond motifs is 1. The number of phenolic OH excluding ortho intramolecular Hbond substituents is 1. The van der Waals surface area contributed by atoms with Crippen molar-refractivity contribution in [2.24, 2.45) is 0 Å². The molecule has 41 heavy (non-hydrogen) atoms. The molecule has 1 atom stereocenters. The van der Waals surface area contributed by atoms with Crippen molar-refractivity contribution in [1.82, 2.24) is 15.1 Å². The van der Waals surface area contributed by atoms with Crippen LogP contribution in [-0.4, -0.2) is 39.3 Å². The first kappa shape index (κ1) is 28.5. The Balaban J connectivity index is 1.61. The third kappa shape index (κ3) is 5.75. The summed E-state index contributed by atoms with van der Waals surface area (Å²) in [5.74, 6) is 0.614. The van der Waals surface area contributed by atoms with Crippen molar-refractivity contribution >= 4 is 17.5 Å². The molecule has 5 rings (SSSR count). The summed E-state index contributed by atoms with van der Waals surface area (Å²) in [5.41, 5.74) is 4.06. The standard InChI is InChI=1S/C32H33ClFN3O4/c1-4-6-7-14-41-26-13-10-21(16-27(26)40-5-2)31-28-29(23-17-24(33)19(3)15-25(23)38)35-36-30(28)32(39)37(31)18-20-8-11-22(34)12-9-20/h8-13,15-17,31,38H,4-7,14,18H2,1-3H3,(H,35,36). The Bertz CT molecular complexity index is 1550. The van der Waals surface area contributed by atoms with Crippen molar-refractivity contribution in [1.29, 1.82) is 0 Å². The molecule has 2 N–H and O–H groups in total. The molecule has 1 aliphatic rings.